The summed E-state index contributed by atoms with van der Waals surface area (Å²) in [7, 11) is 2.08. The first-order valence-corrected chi connectivity index (χ1v) is 4.94. The topological polar surface area (TPSA) is 23.5 Å². The Morgan fingerprint density at radius 3 is 2.00 bits per heavy atom. The third kappa shape index (κ3) is 3.11. The van der Waals surface area contributed by atoms with E-state index in [1.54, 1.807) is 0 Å². The molecular formula is C10H23NO. The van der Waals surface area contributed by atoms with Gasteiger partial charge in [-0.05, 0) is 33.7 Å². The van der Waals surface area contributed by atoms with Crippen LogP contribution >= 0.6 is 0 Å². The Morgan fingerprint density at radius 1 is 1.17 bits per heavy atom. The highest BCUT2D eigenvalue weighted by Gasteiger charge is 2.19. The zero-order chi connectivity index (χ0) is 9.72. The van der Waals surface area contributed by atoms with Crippen LogP contribution in [0, 0.1) is 0 Å². The van der Waals surface area contributed by atoms with Gasteiger partial charge in [-0.15, -0.1) is 0 Å². The van der Waals surface area contributed by atoms with Crippen LogP contribution in [0.15, 0.2) is 0 Å². The van der Waals surface area contributed by atoms with E-state index in [2.05, 4.69) is 32.7 Å². The van der Waals surface area contributed by atoms with Crippen molar-refractivity contribution in [3.63, 3.8) is 0 Å². The maximum atomic E-state index is 9.60. The van der Waals surface area contributed by atoms with E-state index in [0.717, 1.165) is 12.8 Å². The third-order valence-corrected chi connectivity index (χ3v) is 2.90. The van der Waals surface area contributed by atoms with Gasteiger partial charge in [-0.3, -0.25) is 4.90 Å². The molecule has 0 radical (unpaired) electrons. The molecule has 1 N–H and O–H groups in total. The number of likely N-dealkylation sites (N-methyl/N-ethyl adjacent to an activating group) is 1. The van der Waals surface area contributed by atoms with Crippen LogP contribution in [0.25, 0.3) is 0 Å². The number of hydrogen-bond donors (Lipinski definition) is 1. The molecule has 2 heteroatoms. The maximum absolute atomic E-state index is 9.60. The molecule has 2 nitrogen and oxygen atoms in total. The van der Waals surface area contributed by atoms with E-state index in [-0.39, 0.29) is 12.1 Å². The minimum Gasteiger partial charge on any atom is -0.392 e. The van der Waals surface area contributed by atoms with Crippen LogP contribution in [0.3, 0.4) is 0 Å². The van der Waals surface area contributed by atoms with Gasteiger partial charge in [0.05, 0.1) is 6.10 Å². The third-order valence-electron chi connectivity index (χ3n) is 2.90. The summed E-state index contributed by atoms with van der Waals surface area (Å²) in [6.07, 6.45) is 1.78. The Balaban J connectivity index is 3.99. The van der Waals surface area contributed by atoms with E-state index in [4.69, 9.17) is 0 Å². The van der Waals surface area contributed by atoms with Gasteiger partial charge in [-0.25, -0.2) is 0 Å². The van der Waals surface area contributed by atoms with Crippen LogP contribution in [0.2, 0.25) is 0 Å². The fourth-order valence-electron chi connectivity index (χ4n) is 1.30. The summed E-state index contributed by atoms with van der Waals surface area (Å²) >= 11 is 0. The second-order valence-electron chi connectivity index (χ2n) is 3.64. The van der Waals surface area contributed by atoms with Crippen molar-refractivity contribution in [2.24, 2.45) is 0 Å². The van der Waals surface area contributed by atoms with Gasteiger partial charge >= 0.3 is 0 Å². The highest BCUT2D eigenvalue weighted by molar-refractivity contribution is 4.74. The molecule has 0 aliphatic rings. The first-order valence-electron chi connectivity index (χ1n) is 4.94. The van der Waals surface area contributed by atoms with Crippen molar-refractivity contribution in [2.75, 3.05) is 7.05 Å². The molecule has 0 aliphatic heterocycles. The van der Waals surface area contributed by atoms with Crippen molar-refractivity contribution in [3.05, 3.63) is 0 Å². The van der Waals surface area contributed by atoms with Gasteiger partial charge in [0.2, 0.25) is 0 Å². The molecule has 0 spiro atoms. The summed E-state index contributed by atoms with van der Waals surface area (Å²) in [6, 6.07) is 0.825. The minimum absolute atomic E-state index is 0.191. The second-order valence-corrected chi connectivity index (χ2v) is 3.64. The molecule has 0 aromatic heterocycles. The lowest BCUT2D eigenvalue weighted by atomic mass is 10.1. The van der Waals surface area contributed by atoms with Crippen LogP contribution in [-0.2, 0) is 0 Å². The molecule has 0 amide bonds. The SMILES string of the molecule is CCC(O)C(C)N(C)C(C)CC. The summed E-state index contributed by atoms with van der Waals surface area (Å²) < 4.78 is 0. The highest BCUT2D eigenvalue weighted by atomic mass is 16.3. The van der Waals surface area contributed by atoms with Crippen LogP contribution in [0.5, 0.6) is 0 Å². The van der Waals surface area contributed by atoms with Crippen LogP contribution in [0.1, 0.15) is 40.5 Å². The molecule has 0 rings (SSSR count). The predicted octanol–water partition coefficient (Wildman–Crippen LogP) is 1.88. The summed E-state index contributed by atoms with van der Waals surface area (Å²) in [5, 5.41) is 9.60. The average molecular weight is 173 g/mol. The molecule has 0 aromatic carbocycles. The molecule has 0 aromatic rings. The number of rotatable bonds is 5. The van der Waals surface area contributed by atoms with E-state index in [1.165, 1.54) is 0 Å². The first kappa shape index (κ1) is 11.9. The van der Waals surface area contributed by atoms with Crippen molar-refractivity contribution < 1.29 is 5.11 Å². The average Bonchev–Trinajstić information content (AvgIpc) is 2.12. The standard InChI is InChI=1S/C10H23NO/c1-6-8(3)11(5)9(4)10(12)7-2/h8-10,12H,6-7H2,1-5H3. The quantitative estimate of drug-likeness (QED) is 0.686. The Hall–Kier alpha value is -0.0800. The van der Waals surface area contributed by atoms with Gasteiger partial charge in [-0.2, -0.15) is 0 Å². The fourth-order valence-corrected chi connectivity index (χ4v) is 1.30. The molecule has 0 aliphatic carbocycles. The molecule has 3 atom stereocenters. The fraction of sp³-hybridized carbons (Fsp3) is 1.00. The molecule has 0 fully saturated rings. The predicted molar refractivity (Wildman–Crippen MR) is 53.3 cm³/mol. The molecule has 0 heterocycles. The molecule has 74 valence electrons. The highest BCUT2D eigenvalue weighted by Crippen LogP contribution is 2.10. The van der Waals surface area contributed by atoms with Crippen LogP contribution < -0.4 is 0 Å². The van der Waals surface area contributed by atoms with E-state index in [1.807, 2.05) is 6.92 Å². The molecule has 12 heavy (non-hydrogen) atoms. The summed E-state index contributed by atoms with van der Waals surface area (Å²) in [5.74, 6) is 0. The maximum Gasteiger partial charge on any atom is 0.0690 e. The smallest absolute Gasteiger partial charge is 0.0690 e. The summed E-state index contributed by atoms with van der Waals surface area (Å²) in [4.78, 5) is 2.24. The number of hydrogen-bond acceptors (Lipinski definition) is 2. The Morgan fingerprint density at radius 2 is 1.67 bits per heavy atom. The largest absolute Gasteiger partial charge is 0.392 e. The molecular weight excluding hydrogens is 150 g/mol. The Bertz CT molecular complexity index is 102. The Kier molecular flexibility index (Phi) is 5.51. The zero-order valence-electron chi connectivity index (χ0n) is 9.04. The lowest BCUT2D eigenvalue weighted by Crippen LogP contribution is -2.43. The van der Waals surface area contributed by atoms with Gasteiger partial charge in [0.1, 0.15) is 0 Å². The van der Waals surface area contributed by atoms with Gasteiger partial charge in [-0.1, -0.05) is 13.8 Å². The van der Waals surface area contributed by atoms with Crippen molar-refractivity contribution in [3.8, 4) is 0 Å². The normalized spacial score (nSPS) is 19.2. The van der Waals surface area contributed by atoms with E-state index >= 15 is 0 Å². The number of nitrogens with zero attached hydrogens (tertiary/aromatic N) is 1. The molecule has 0 bridgehead atoms. The second kappa shape index (κ2) is 5.55. The lowest BCUT2D eigenvalue weighted by Gasteiger charge is -2.32. The van der Waals surface area contributed by atoms with Gasteiger partial charge in [0.15, 0.2) is 0 Å². The first-order chi connectivity index (χ1) is 5.54. The minimum atomic E-state index is -0.191. The van der Waals surface area contributed by atoms with Crippen molar-refractivity contribution >= 4 is 0 Å². The van der Waals surface area contributed by atoms with Crippen LogP contribution in [-0.4, -0.2) is 35.2 Å². The van der Waals surface area contributed by atoms with E-state index in [0.29, 0.717) is 6.04 Å². The number of aliphatic hydroxyl groups excluding tert-OH is 1. The Labute approximate surface area is 76.6 Å². The molecule has 0 saturated heterocycles. The summed E-state index contributed by atoms with van der Waals surface area (Å²) in [5.41, 5.74) is 0. The van der Waals surface area contributed by atoms with Gasteiger partial charge in [0, 0.05) is 12.1 Å². The monoisotopic (exact) mass is 173 g/mol. The molecule has 0 saturated carbocycles. The van der Waals surface area contributed by atoms with E-state index < -0.39 is 0 Å². The van der Waals surface area contributed by atoms with Gasteiger partial charge < -0.3 is 5.11 Å². The van der Waals surface area contributed by atoms with Gasteiger partial charge in [0.25, 0.3) is 0 Å². The molecule has 3 unspecified atom stereocenters. The zero-order valence-corrected chi connectivity index (χ0v) is 9.04. The van der Waals surface area contributed by atoms with Crippen LogP contribution in [0.4, 0.5) is 0 Å². The summed E-state index contributed by atoms with van der Waals surface area (Å²) in [6.45, 7) is 8.47. The van der Waals surface area contributed by atoms with E-state index in [9.17, 15) is 5.11 Å². The lowest BCUT2D eigenvalue weighted by molar-refractivity contribution is 0.0506. The van der Waals surface area contributed by atoms with Crippen molar-refractivity contribution in [1.29, 1.82) is 0 Å². The number of aliphatic hydroxyl groups is 1. The van der Waals surface area contributed by atoms with Crippen molar-refractivity contribution in [2.45, 2.75) is 58.7 Å². The van der Waals surface area contributed by atoms with Crippen molar-refractivity contribution in [1.82, 2.24) is 4.90 Å².